The van der Waals surface area contributed by atoms with Crippen LogP contribution < -0.4 is 15.5 Å². The molecule has 0 radical (unpaired) electrons. The minimum Gasteiger partial charge on any atom is -0.366 e. The van der Waals surface area contributed by atoms with Crippen molar-refractivity contribution in [2.75, 3.05) is 36.0 Å². The summed E-state index contributed by atoms with van der Waals surface area (Å²) in [4.78, 5) is 8.63. The Balaban J connectivity index is 1.74. The van der Waals surface area contributed by atoms with Gasteiger partial charge in [0.1, 0.15) is 0 Å². The third kappa shape index (κ3) is 2.90. The Morgan fingerprint density at radius 3 is 2.57 bits per heavy atom. The molecule has 2 heterocycles. The molecule has 0 amide bonds. The number of rotatable bonds is 3. The second-order valence-electron chi connectivity index (χ2n) is 4.86. The van der Waals surface area contributed by atoms with Gasteiger partial charge in [0.2, 0.25) is 0 Å². The van der Waals surface area contributed by atoms with Crippen LogP contribution in [0.2, 0.25) is 0 Å². The van der Waals surface area contributed by atoms with Crippen LogP contribution in [0.5, 0.6) is 0 Å². The number of piperazine rings is 1. The standard InChI is InChI=1S/C14H16BrFN4S/c15-12-10(9-17)1-2-11(13(12)16)19-4-6-20(7-5-19)14-18-3-8-21-14/h1-3,8H,4-7,9,17H2. The summed E-state index contributed by atoms with van der Waals surface area (Å²) in [6, 6.07) is 3.71. The van der Waals surface area contributed by atoms with Crippen LogP contribution in [0.25, 0.3) is 0 Å². The Morgan fingerprint density at radius 1 is 1.24 bits per heavy atom. The first-order valence-corrected chi connectivity index (χ1v) is 8.44. The zero-order valence-electron chi connectivity index (χ0n) is 11.4. The van der Waals surface area contributed by atoms with Gasteiger partial charge in [0.05, 0.1) is 10.2 Å². The highest BCUT2D eigenvalue weighted by Crippen LogP contribution is 2.30. The van der Waals surface area contributed by atoms with Crippen molar-refractivity contribution in [2.45, 2.75) is 6.54 Å². The van der Waals surface area contributed by atoms with Gasteiger partial charge < -0.3 is 15.5 Å². The zero-order valence-corrected chi connectivity index (χ0v) is 13.8. The lowest BCUT2D eigenvalue weighted by Gasteiger charge is -2.36. The van der Waals surface area contributed by atoms with Gasteiger partial charge in [-0.15, -0.1) is 11.3 Å². The fraction of sp³-hybridized carbons (Fsp3) is 0.357. The highest BCUT2D eigenvalue weighted by Gasteiger charge is 2.22. The van der Waals surface area contributed by atoms with Crippen molar-refractivity contribution < 1.29 is 4.39 Å². The van der Waals surface area contributed by atoms with Crippen LogP contribution in [0.15, 0.2) is 28.2 Å². The maximum absolute atomic E-state index is 14.4. The molecule has 3 rings (SSSR count). The van der Waals surface area contributed by atoms with Crippen molar-refractivity contribution in [3.8, 4) is 0 Å². The highest BCUT2D eigenvalue weighted by atomic mass is 79.9. The lowest BCUT2D eigenvalue weighted by molar-refractivity contribution is 0.591. The molecule has 1 aliphatic rings. The van der Waals surface area contributed by atoms with Crippen molar-refractivity contribution in [3.63, 3.8) is 0 Å². The topological polar surface area (TPSA) is 45.4 Å². The number of hydrogen-bond acceptors (Lipinski definition) is 5. The zero-order chi connectivity index (χ0) is 14.8. The Bertz CT molecular complexity index is 612. The summed E-state index contributed by atoms with van der Waals surface area (Å²) in [5.41, 5.74) is 7.02. The number of aromatic nitrogens is 1. The molecule has 0 bridgehead atoms. The summed E-state index contributed by atoms with van der Waals surface area (Å²) in [5.74, 6) is -0.222. The highest BCUT2D eigenvalue weighted by molar-refractivity contribution is 9.10. The van der Waals surface area contributed by atoms with Gasteiger partial charge in [-0.2, -0.15) is 0 Å². The Labute approximate surface area is 135 Å². The molecule has 0 saturated carbocycles. The molecule has 7 heteroatoms. The van der Waals surface area contributed by atoms with E-state index in [1.807, 2.05) is 23.7 Å². The van der Waals surface area contributed by atoms with Gasteiger partial charge >= 0.3 is 0 Å². The SMILES string of the molecule is NCc1ccc(N2CCN(c3nccs3)CC2)c(F)c1Br. The van der Waals surface area contributed by atoms with Crippen molar-refractivity contribution >= 4 is 38.1 Å². The van der Waals surface area contributed by atoms with Crippen LogP contribution in [0.3, 0.4) is 0 Å². The first-order valence-electron chi connectivity index (χ1n) is 6.77. The second kappa shape index (κ2) is 6.29. The van der Waals surface area contributed by atoms with E-state index in [0.29, 0.717) is 16.7 Å². The molecule has 1 aliphatic heterocycles. The minimum atomic E-state index is -0.222. The third-order valence-electron chi connectivity index (χ3n) is 3.67. The molecule has 4 nitrogen and oxygen atoms in total. The maximum atomic E-state index is 14.4. The average molecular weight is 371 g/mol. The van der Waals surface area contributed by atoms with Gasteiger partial charge in [-0.1, -0.05) is 6.07 Å². The predicted octanol–water partition coefficient (Wildman–Crippen LogP) is 2.83. The molecule has 21 heavy (non-hydrogen) atoms. The largest absolute Gasteiger partial charge is 0.366 e. The quantitative estimate of drug-likeness (QED) is 0.902. The maximum Gasteiger partial charge on any atom is 0.185 e. The Morgan fingerprint density at radius 2 is 1.95 bits per heavy atom. The third-order valence-corrected chi connectivity index (χ3v) is 5.36. The minimum absolute atomic E-state index is 0.222. The van der Waals surface area contributed by atoms with Gasteiger partial charge in [-0.05, 0) is 27.6 Å². The predicted molar refractivity (Wildman–Crippen MR) is 88.5 cm³/mol. The van der Waals surface area contributed by atoms with Crippen LogP contribution in [-0.2, 0) is 6.54 Å². The number of benzene rings is 1. The summed E-state index contributed by atoms with van der Waals surface area (Å²) in [6.07, 6.45) is 1.81. The number of nitrogens with two attached hydrogens (primary N) is 1. The average Bonchev–Trinajstić information content (AvgIpc) is 3.05. The van der Waals surface area contributed by atoms with E-state index >= 15 is 0 Å². The summed E-state index contributed by atoms with van der Waals surface area (Å²) < 4.78 is 14.9. The van der Waals surface area contributed by atoms with Gasteiger partial charge in [-0.25, -0.2) is 9.37 Å². The number of halogens is 2. The van der Waals surface area contributed by atoms with Crippen molar-refractivity contribution in [1.82, 2.24) is 4.98 Å². The van der Waals surface area contributed by atoms with Crippen LogP contribution in [0, 0.1) is 5.82 Å². The van der Waals surface area contributed by atoms with Crippen molar-refractivity contribution in [3.05, 3.63) is 39.6 Å². The summed E-state index contributed by atoms with van der Waals surface area (Å²) in [7, 11) is 0. The fourth-order valence-electron chi connectivity index (χ4n) is 2.49. The Hall–Kier alpha value is -1.18. The van der Waals surface area contributed by atoms with Crippen LogP contribution in [-0.4, -0.2) is 31.2 Å². The summed E-state index contributed by atoms with van der Waals surface area (Å²) in [6.45, 7) is 3.60. The van der Waals surface area contributed by atoms with E-state index in [4.69, 9.17) is 5.73 Å². The number of thiazole rings is 1. The smallest absolute Gasteiger partial charge is 0.185 e. The second-order valence-corrected chi connectivity index (χ2v) is 6.53. The van der Waals surface area contributed by atoms with Gasteiger partial charge in [-0.3, -0.25) is 0 Å². The normalized spacial score (nSPS) is 15.6. The Kier molecular flexibility index (Phi) is 4.42. The van der Waals surface area contributed by atoms with Gasteiger partial charge in [0.15, 0.2) is 10.9 Å². The molecule has 1 fully saturated rings. The summed E-state index contributed by atoms with van der Waals surface area (Å²) in [5, 5.41) is 3.01. The van der Waals surface area contributed by atoms with Gasteiger partial charge in [0.25, 0.3) is 0 Å². The molecular weight excluding hydrogens is 355 g/mol. The molecular formula is C14H16BrFN4S. The summed E-state index contributed by atoms with van der Waals surface area (Å²) >= 11 is 4.94. The van der Waals surface area contributed by atoms with E-state index < -0.39 is 0 Å². The molecule has 0 atom stereocenters. The first-order chi connectivity index (χ1) is 10.2. The van der Waals surface area contributed by atoms with E-state index in [-0.39, 0.29) is 5.82 Å². The van der Waals surface area contributed by atoms with Crippen LogP contribution in [0.1, 0.15) is 5.56 Å². The molecule has 112 valence electrons. The molecule has 0 spiro atoms. The molecule has 0 unspecified atom stereocenters. The fourth-order valence-corrected chi connectivity index (χ4v) is 3.69. The number of nitrogens with zero attached hydrogens (tertiary/aromatic N) is 3. The van der Waals surface area contributed by atoms with E-state index in [2.05, 4.69) is 30.7 Å². The first kappa shape index (κ1) is 14.7. The van der Waals surface area contributed by atoms with Crippen LogP contribution >= 0.6 is 27.3 Å². The molecule has 2 aromatic rings. The van der Waals surface area contributed by atoms with Crippen molar-refractivity contribution in [2.24, 2.45) is 5.73 Å². The van der Waals surface area contributed by atoms with Gasteiger partial charge in [0, 0.05) is 44.3 Å². The number of hydrogen-bond donors (Lipinski definition) is 1. The van der Waals surface area contributed by atoms with E-state index in [1.165, 1.54) is 0 Å². The number of anilines is 2. The van der Waals surface area contributed by atoms with E-state index in [0.717, 1.165) is 36.9 Å². The van der Waals surface area contributed by atoms with E-state index in [1.54, 1.807) is 11.3 Å². The molecule has 1 aromatic carbocycles. The molecule has 0 aliphatic carbocycles. The van der Waals surface area contributed by atoms with Crippen LogP contribution in [0.4, 0.5) is 15.2 Å². The van der Waals surface area contributed by atoms with E-state index in [9.17, 15) is 4.39 Å². The molecule has 2 N–H and O–H groups in total. The lowest BCUT2D eigenvalue weighted by atomic mass is 10.1. The molecule has 1 saturated heterocycles. The van der Waals surface area contributed by atoms with Crippen molar-refractivity contribution in [1.29, 1.82) is 0 Å². The lowest BCUT2D eigenvalue weighted by Crippen LogP contribution is -2.46. The monoisotopic (exact) mass is 370 g/mol. The molecule has 1 aromatic heterocycles.